The standard InChI is InChI=1S/C18H18N2O5/c1-11(21)19-12-7-8-14(23-2)13(9-12)20-18(22)17-10-24-15-5-3-4-6-16(15)25-17/h3-9,17H,10H2,1-2H3,(H,19,21)(H,20,22)/t17-/m1/s1. The van der Waals surface area contributed by atoms with Crippen molar-refractivity contribution in [2.75, 3.05) is 24.4 Å². The number of hydrogen-bond donors (Lipinski definition) is 2. The number of rotatable bonds is 4. The molecule has 1 atom stereocenters. The number of nitrogens with one attached hydrogen (secondary N) is 2. The summed E-state index contributed by atoms with van der Waals surface area (Å²) in [5.41, 5.74) is 0.982. The van der Waals surface area contributed by atoms with Crippen molar-refractivity contribution in [1.29, 1.82) is 0 Å². The number of ether oxygens (including phenoxy) is 3. The normalized spacial score (nSPS) is 15.2. The first-order chi connectivity index (χ1) is 12.1. The van der Waals surface area contributed by atoms with Crippen molar-refractivity contribution in [1.82, 2.24) is 0 Å². The smallest absolute Gasteiger partial charge is 0.269 e. The number of anilines is 2. The van der Waals surface area contributed by atoms with Crippen molar-refractivity contribution in [2.24, 2.45) is 0 Å². The summed E-state index contributed by atoms with van der Waals surface area (Å²) >= 11 is 0. The molecule has 0 saturated carbocycles. The van der Waals surface area contributed by atoms with Crippen molar-refractivity contribution in [3.63, 3.8) is 0 Å². The number of carbonyl (C=O) groups is 2. The first-order valence-corrected chi connectivity index (χ1v) is 7.72. The molecule has 2 N–H and O–H groups in total. The van der Waals surface area contributed by atoms with E-state index in [9.17, 15) is 9.59 Å². The highest BCUT2D eigenvalue weighted by Crippen LogP contribution is 2.32. The van der Waals surface area contributed by atoms with Gasteiger partial charge >= 0.3 is 0 Å². The molecule has 7 heteroatoms. The molecule has 1 aliphatic heterocycles. The zero-order valence-electron chi connectivity index (χ0n) is 13.9. The number of carbonyl (C=O) groups excluding carboxylic acids is 2. The summed E-state index contributed by atoms with van der Waals surface area (Å²) < 4.78 is 16.5. The summed E-state index contributed by atoms with van der Waals surface area (Å²) in [4.78, 5) is 23.7. The van der Waals surface area contributed by atoms with Crippen LogP contribution in [0.1, 0.15) is 6.92 Å². The van der Waals surface area contributed by atoms with Gasteiger partial charge in [0.1, 0.15) is 12.4 Å². The molecule has 0 aliphatic carbocycles. The lowest BCUT2D eigenvalue weighted by Gasteiger charge is -2.25. The Morgan fingerprint density at radius 2 is 1.88 bits per heavy atom. The monoisotopic (exact) mass is 342 g/mol. The second-order valence-corrected chi connectivity index (χ2v) is 5.45. The van der Waals surface area contributed by atoms with Gasteiger partial charge in [-0.15, -0.1) is 0 Å². The van der Waals surface area contributed by atoms with Gasteiger partial charge in [0, 0.05) is 12.6 Å². The third-order valence-electron chi connectivity index (χ3n) is 3.58. The van der Waals surface area contributed by atoms with Crippen LogP contribution in [0.5, 0.6) is 17.2 Å². The van der Waals surface area contributed by atoms with Crippen molar-refractivity contribution in [3.8, 4) is 17.2 Å². The van der Waals surface area contributed by atoms with Crippen molar-refractivity contribution < 1.29 is 23.8 Å². The lowest BCUT2D eigenvalue weighted by molar-refractivity contribution is -0.125. The third kappa shape index (κ3) is 3.82. The molecule has 130 valence electrons. The zero-order valence-corrected chi connectivity index (χ0v) is 13.9. The Hall–Kier alpha value is -3.22. The Kier molecular flexibility index (Phi) is 4.74. The summed E-state index contributed by atoms with van der Waals surface area (Å²) in [5.74, 6) is 1.03. The van der Waals surface area contributed by atoms with E-state index in [0.29, 0.717) is 28.6 Å². The Morgan fingerprint density at radius 3 is 2.60 bits per heavy atom. The van der Waals surface area contributed by atoms with Crippen LogP contribution in [0.25, 0.3) is 0 Å². The van der Waals surface area contributed by atoms with Crippen LogP contribution in [0, 0.1) is 0 Å². The Labute approximate surface area is 144 Å². The highest BCUT2D eigenvalue weighted by atomic mass is 16.6. The van der Waals surface area contributed by atoms with E-state index in [2.05, 4.69) is 10.6 Å². The first kappa shape index (κ1) is 16.6. The van der Waals surface area contributed by atoms with Crippen molar-refractivity contribution >= 4 is 23.2 Å². The summed E-state index contributed by atoms with van der Waals surface area (Å²) in [6, 6.07) is 12.1. The summed E-state index contributed by atoms with van der Waals surface area (Å²) in [7, 11) is 1.50. The molecule has 7 nitrogen and oxygen atoms in total. The van der Waals surface area contributed by atoms with Crippen LogP contribution in [0.4, 0.5) is 11.4 Å². The first-order valence-electron chi connectivity index (χ1n) is 7.72. The molecule has 0 radical (unpaired) electrons. The molecule has 25 heavy (non-hydrogen) atoms. The quantitative estimate of drug-likeness (QED) is 0.891. The summed E-state index contributed by atoms with van der Waals surface area (Å²) in [6.07, 6.45) is -0.788. The fraction of sp³-hybridized carbons (Fsp3) is 0.222. The molecule has 2 aromatic rings. The molecule has 1 heterocycles. The van der Waals surface area contributed by atoms with Gasteiger partial charge < -0.3 is 24.8 Å². The summed E-state index contributed by atoms with van der Waals surface area (Å²) in [6.45, 7) is 1.52. The van der Waals surface area contributed by atoms with Gasteiger partial charge in [-0.05, 0) is 30.3 Å². The van der Waals surface area contributed by atoms with Crippen LogP contribution in [-0.2, 0) is 9.59 Å². The van der Waals surface area contributed by atoms with Gasteiger partial charge in [0.2, 0.25) is 12.0 Å². The number of benzene rings is 2. The Morgan fingerprint density at radius 1 is 1.12 bits per heavy atom. The van der Waals surface area contributed by atoms with Crippen LogP contribution in [-0.4, -0.2) is 31.6 Å². The fourth-order valence-corrected chi connectivity index (χ4v) is 2.45. The van der Waals surface area contributed by atoms with Gasteiger partial charge in [-0.25, -0.2) is 0 Å². The second-order valence-electron chi connectivity index (χ2n) is 5.45. The molecule has 0 saturated heterocycles. The lowest BCUT2D eigenvalue weighted by atomic mass is 10.2. The molecule has 2 aromatic carbocycles. The highest BCUT2D eigenvalue weighted by molar-refractivity contribution is 5.97. The average Bonchev–Trinajstić information content (AvgIpc) is 2.61. The number of hydrogen-bond acceptors (Lipinski definition) is 5. The molecule has 0 spiro atoms. The second kappa shape index (κ2) is 7.12. The van der Waals surface area contributed by atoms with Gasteiger partial charge in [-0.2, -0.15) is 0 Å². The van der Waals surface area contributed by atoms with Crippen molar-refractivity contribution in [2.45, 2.75) is 13.0 Å². The molecule has 1 aliphatic rings. The molecule has 2 amide bonds. The number of para-hydroxylation sites is 2. The van der Waals surface area contributed by atoms with Gasteiger partial charge in [0.15, 0.2) is 11.5 Å². The topological polar surface area (TPSA) is 85.9 Å². The fourth-order valence-electron chi connectivity index (χ4n) is 2.45. The van der Waals surface area contributed by atoms with E-state index in [1.807, 2.05) is 12.1 Å². The largest absolute Gasteiger partial charge is 0.495 e. The maximum atomic E-state index is 12.5. The maximum Gasteiger partial charge on any atom is 0.269 e. The molecule has 3 rings (SSSR count). The maximum absolute atomic E-state index is 12.5. The van der Waals surface area contributed by atoms with E-state index < -0.39 is 6.10 Å². The third-order valence-corrected chi connectivity index (χ3v) is 3.58. The highest BCUT2D eigenvalue weighted by Gasteiger charge is 2.28. The minimum atomic E-state index is -0.788. The van der Waals surface area contributed by atoms with Gasteiger partial charge in [0.05, 0.1) is 12.8 Å². The molecule has 0 aromatic heterocycles. The number of methoxy groups -OCH3 is 1. The molecule has 0 fully saturated rings. The van der Waals surface area contributed by atoms with E-state index in [1.165, 1.54) is 14.0 Å². The Bertz CT molecular complexity index is 806. The zero-order chi connectivity index (χ0) is 17.8. The summed E-state index contributed by atoms with van der Waals surface area (Å²) in [5, 5.41) is 5.42. The van der Waals surface area contributed by atoms with E-state index >= 15 is 0 Å². The van der Waals surface area contributed by atoms with E-state index in [0.717, 1.165) is 0 Å². The molecule has 0 unspecified atom stereocenters. The van der Waals surface area contributed by atoms with Gasteiger partial charge in [0.25, 0.3) is 5.91 Å². The van der Waals surface area contributed by atoms with Crippen molar-refractivity contribution in [3.05, 3.63) is 42.5 Å². The molecular formula is C18H18N2O5. The SMILES string of the molecule is COc1ccc(NC(C)=O)cc1NC(=O)[C@H]1COc2ccccc2O1. The minimum absolute atomic E-state index is 0.108. The lowest BCUT2D eigenvalue weighted by Crippen LogP contribution is -2.40. The number of fused-ring (bicyclic) bond motifs is 1. The van der Waals surface area contributed by atoms with Crippen LogP contribution in [0.2, 0.25) is 0 Å². The number of amides is 2. The van der Waals surface area contributed by atoms with E-state index in [1.54, 1.807) is 30.3 Å². The van der Waals surface area contributed by atoms with Gasteiger partial charge in [-0.1, -0.05) is 12.1 Å². The molecule has 0 bridgehead atoms. The predicted octanol–water partition coefficient (Wildman–Crippen LogP) is 2.43. The molecular weight excluding hydrogens is 324 g/mol. The van der Waals surface area contributed by atoms with Crippen LogP contribution < -0.4 is 24.8 Å². The van der Waals surface area contributed by atoms with Gasteiger partial charge in [-0.3, -0.25) is 9.59 Å². The predicted molar refractivity (Wildman–Crippen MR) is 92.3 cm³/mol. The van der Waals surface area contributed by atoms with Crippen LogP contribution >= 0.6 is 0 Å². The van der Waals surface area contributed by atoms with Crippen LogP contribution in [0.15, 0.2) is 42.5 Å². The van der Waals surface area contributed by atoms with E-state index in [-0.39, 0.29) is 18.4 Å². The Balaban J connectivity index is 1.75. The van der Waals surface area contributed by atoms with E-state index in [4.69, 9.17) is 14.2 Å². The van der Waals surface area contributed by atoms with Crippen LogP contribution in [0.3, 0.4) is 0 Å². The average molecular weight is 342 g/mol. The minimum Gasteiger partial charge on any atom is -0.495 e.